The summed E-state index contributed by atoms with van der Waals surface area (Å²) in [6, 6.07) is 0. The third-order valence-corrected chi connectivity index (χ3v) is 3.49. The minimum atomic E-state index is -0.105. The molecule has 118 valence electrons. The van der Waals surface area contributed by atoms with Crippen LogP contribution in [0.3, 0.4) is 0 Å². The Labute approximate surface area is 127 Å². The van der Waals surface area contributed by atoms with Crippen LogP contribution in [0.2, 0.25) is 0 Å². The zero-order valence-corrected chi connectivity index (χ0v) is 14.1. The molecule has 5 nitrogen and oxygen atoms in total. The number of nitrogen functional groups attached to an aromatic ring is 1. The molecule has 0 aromatic carbocycles. The summed E-state index contributed by atoms with van der Waals surface area (Å²) in [5.41, 5.74) is 6.75. The van der Waals surface area contributed by atoms with Crippen LogP contribution < -0.4 is 15.8 Å². The van der Waals surface area contributed by atoms with Crippen LogP contribution in [-0.4, -0.2) is 22.6 Å². The molecule has 1 saturated carbocycles. The number of nitrogens with two attached hydrogens (primary N) is 1. The molecule has 0 bridgehead atoms. The second-order valence-electron chi connectivity index (χ2n) is 7.87. The lowest BCUT2D eigenvalue weighted by molar-refractivity contribution is 0.302. The van der Waals surface area contributed by atoms with Gasteiger partial charge in [0.25, 0.3) is 0 Å². The minimum absolute atomic E-state index is 0.105. The number of aromatic nitrogens is 2. The third kappa shape index (κ3) is 4.22. The molecule has 0 aliphatic heterocycles. The molecule has 1 aromatic rings. The van der Waals surface area contributed by atoms with E-state index in [0.29, 0.717) is 23.3 Å². The van der Waals surface area contributed by atoms with Crippen molar-refractivity contribution in [3.05, 3.63) is 5.82 Å². The molecule has 2 rings (SSSR count). The van der Waals surface area contributed by atoms with E-state index in [0.717, 1.165) is 25.1 Å². The summed E-state index contributed by atoms with van der Waals surface area (Å²) in [6.07, 6.45) is 3.31. The molecular weight excluding hydrogens is 264 g/mol. The Morgan fingerprint density at radius 3 is 2.29 bits per heavy atom. The van der Waals surface area contributed by atoms with Crippen LogP contribution in [0.1, 0.15) is 65.6 Å². The maximum Gasteiger partial charge on any atom is 0.242 e. The van der Waals surface area contributed by atoms with Gasteiger partial charge in [0.05, 0.1) is 7.11 Å². The number of hydrogen-bond acceptors (Lipinski definition) is 5. The monoisotopic (exact) mass is 292 g/mol. The fourth-order valence-electron chi connectivity index (χ4n) is 2.93. The molecular formula is C16H28N4O. The van der Waals surface area contributed by atoms with Gasteiger partial charge in [0, 0.05) is 11.5 Å². The summed E-state index contributed by atoms with van der Waals surface area (Å²) in [4.78, 5) is 9.05. The maximum atomic E-state index is 6.14. The molecule has 0 atom stereocenters. The zero-order chi connectivity index (χ0) is 15.8. The largest absolute Gasteiger partial charge is 0.479 e. The minimum Gasteiger partial charge on any atom is -0.479 e. The van der Waals surface area contributed by atoms with Crippen molar-refractivity contribution < 1.29 is 4.74 Å². The molecule has 3 N–H and O–H groups in total. The lowest BCUT2D eigenvalue weighted by atomic mass is 9.82. The predicted octanol–water partition coefficient (Wildman–Crippen LogP) is 3.57. The van der Waals surface area contributed by atoms with E-state index in [2.05, 4.69) is 49.9 Å². The number of rotatable bonds is 5. The van der Waals surface area contributed by atoms with Crippen LogP contribution in [-0.2, 0) is 0 Å². The van der Waals surface area contributed by atoms with Gasteiger partial charge in [-0.05, 0) is 38.5 Å². The number of anilines is 2. The fraction of sp³-hybridized carbons (Fsp3) is 0.750. The number of nitrogens with zero attached hydrogens (tertiary/aromatic N) is 2. The van der Waals surface area contributed by atoms with Crippen molar-refractivity contribution in [2.24, 2.45) is 5.41 Å². The highest BCUT2D eigenvalue weighted by molar-refractivity contribution is 5.67. The Morgan fingerprint density at radius 1 is 1.19 bits per heavy atom. The van der Waals surface area contributed by atoms with Crippen molar-refractivity contribution >= 4 is 11.5 Å². The van der Waals surface area contributed by atoms with E-state index in [-0.39, 0.29) is 11.0 Å². The molecule has 0 saturated heterocycles. The van der Waals surface area contributed by atoms with E-state index in [1.54, 1.807) is 7.11 Å². The Morgan fingerprint density at radius 2 is 1.81 bits per heavy atom. The Balaban J connectivity index is 2.27. The molecule has 0 unspecified atom stereocenters. The van der Waals surface area contributed by atoms with Crippen molar-refractivity contribution in [1.29, 1.82) is 0 Å². The van der Waals surface area contributed by atoms with Gasteiger partial charge in [-0.3, -0.25) is 0 Å². The first-order chi connectivity index (χ1) is 9.61. The summed E-state index contributed by atoms with van der Waals surface area (Å²) in [5.74, 6) is 2.47. The fourth-order valence-corrected chi connectivity index (χ4v) is 2.93. The van der Waals surface area contributed by atoms with Gasteiger partial charge < -0.3 is 15.8 Å². The van der Waals surface area contributed by atoms with Gasteiger partial charge in [0.15, 0.2) is 5.82 Å². The van der Waals surface area contributed by atoms with Crippen LogP contribution in [0.15, 0.2) is 0 Å². The van der Waals surface area contributed by atoms with Crippen LogP contribution in [0.4, 0.5) is 11.5 Å². The van der Waals surface area contributed by atoms with Gasteiger partial charge in [-0.1, -0.05) is 20.8 Å². The topological polar surface area (TPSA) is 73.1 Å². The lowest BCUT2D eigenvalue weighted by Crippen LogP contribution is -2.36. The van der Waals surface area contributed by atoms with Crippen molar-refractivity contribution in [2.45, 2.75) is 65.3 Å². The summed E-state index contributed by atoms with van der Waals surface area (Å²) in [7, 11) is 1.60. The summed E-state index contributed by atoms with van der Waals surface area (Å²) < 4.78 is 5.30. The van der Waals surface area contributed by atoms with Crippen molar-refractivity contribution in [1.82, 2.24) is 9.97 Å². The molecule has 21 heavy (non-hydrogen) atoms. The van der Waals surface area contributed by atoms with E-state index >= 15 is 0 Å². The SMILES string of the molecule is COc1nc(C2CC2)nc(NC(C)(C)CC(C)(C)C)c1N. The van der Waals surface area contributed by atoms with Crippen molar-refractivity contribution in [3.63, 3.8) is 0 Å². The van der Waals surface area contributed by atoms with Crippen molar-refractivity contribution in [3.8, 4) is 5.88 Å². The Kier molecular flexibility index (Phi) is 4.04. The van der Waals surface area contributed by atoms with Gasteiger partial charge in [-0.25, -0.2) is 4.98 Å². The molecule has 0 spiro atoms. The first-order valence-electron chi connectivity index (χ1n) is 7.61. The van der Waals surface area contributed by atoms with Gasteiger partial charge >= 0.3 is 0 Å². The van der Waals surface area contributed by atoms with E-state index in [9.17, 15) is 0 Å². The smallest absolute Gasteiger partial charge is 0.242 e. The number of methoxy groups -OCH3 is 1. The first kappa shape index (κ1) is 15.9. The lowest BCUT2D eigenvalue weighted by Gasteiger charge is -2.34. The van der Waals surface area contributed by atoms with Crippen LogP contribution >= 0.6 is 0 Å². The predicted molar refractivity (Wildman–Crippen MR) is 86.7 cm³/mol. The quantitative estimate of drug-likeness (QED) is 0.868. The second-order valence-corrected chi connectivity index (χ2v) is 7.87. The van der Waals surface area contributed by atoms with Crippen LogP contribution in [0.5, 0.6) is 5.88 Å². The van der Waals surface area contributed by atoms with Gasteiger partial charge in [-0.15, -0.1) is 0 Å². The number of nitrogens with one attached hydrogen (secondary N) is 1. The van der Waals surface area contributed by atoms with Crippen molar-refractivity contribution in [2.75, 3.05) is 18.2 Å². The maximum absolute atomic E-state index is 6.14. The van der Waals surface area contributed by atoms with E-state index in [1.165, 1.54) is 0 Å². The molecule has 1 heterocycles. The summed E-state index contributed by atoms with van der Waals surface area (Å²) in [5, 5.41) is 3.48. The summed E-state index contributed by atoms with van der Waals surface area (Å²) in [6.45, 7) is 11.0. The first-order valence-corrected chi connectivity index (χ1v) is 7.61. The third-order valence-electron chi connectivity index (χ3n) is 3.49. The molecule has 0 amide bonds. The summed E-state index contributed by atoms with van der Waals surface area (Å²) >= 11 is 0. The van der Waals surface area contributed by atoms with E-state index < -0.39 is 0 Å². The second kappa shape index (κ2) is 5.35. The van der Waals surface area contributed by atoms with E-state index in [1.807, 2.05) is 0 Å². The number of hydrogen-bond donors (Lipinski definition) is 2. The van der Waals surface area contributed by atoms with Gasteiger partial charge in [-0.2, -0.15) is 4.98 Å². The highest BCUT2D eigenvalue weighted by atomic mass is 16.5. The standard InChI is InChI=1S/C16H28N4O/c1-15(2,3)9-16(4,5)20-13-11(17)14(21-6)19-12(18-13)10-7-8-10/h10H,7-9,17H2,1-6H3,(H,18,19,20). The molecule has 5 heteroatoms. The van der Waals surface area contributed by atoms with Crippen LogP contribution in [0, 0.1) is 5.41 Å². The average molecular weight is 292 g/mol. The molecule has 0 radical (unpaired) electrons. The molecule has 1 fully saturated rings. The molecule has 1 aliphatic carbocycles. The van der Waals surface area contributed by atoms with E-state index in [4.69, 9.17) is 10.5 Å². The van der Waals surface area contributed by atoms with Crippen LogP contribution in [0.25, 0.3) is 0 Å². The normalized spacial score (nSPS) is 15.9. The Bertz CT molecular complexity index is 516. The molecule has 1 aromatic heterocycles. The highest BCUT2D eigenvalue weighted by Gasteiger charge is 2.31. The van der Waals surface area contributed by atoms with Gasteiger partial charge in [0.2, 0.25) is 5.88 Å². The highest BCUT2D eigenvalue weighted by Crippen LogP contribution is 2.41. The number of ether oxygens (including phenoxy) is 1. The van der Waals surface area contributed by atoms with Gasteiger partial charge in [0.1, 0.15) is 11.5 Å². The molecule has 1 aliphatic rings. The zero-order valence-electron chi connectivity index (χ0n) is 14.1. The average Bonchev–Trinajstić information content (AvgIpc) is 3.12. The Hall–Kier alpha value is -1.52.